The molecule has 2 rings (SSSR count). The summed E-state index contributed by atoms with van der Waals surface area (Å²) in [6.07, 6.45) is -6.26. The van der Waals surface area contributed by atoms with Gasteiger partial charge in [0.1, 0.15) is 5.01 Å². The quantitative estimate of drug-likeness (QED) is 0.886. The highest BCUT2D eigenvalue weighted by Gasteiger charge is 2.58. The van der Waals surface area contributed by atoms with Crippen molar-refractivity contribution < 1.29 is 27.8 Å². The van der Waals surface area contributed by atoms with Crippen LogP contribution in [0, 0.1) is 0 Å². The largest absolute Gasteiger partial charge is 0.469 e. The molecule has 0 fully saturated rings. The molecule has 1 aromatic carbocycles. The monoisotopic (exact) mass is 305 g/mol. The van der Waals surface area contributed by atoms with Gasteiger partial charge in [-0.2, -0.15) is 13.2 Å². The molecule has 0 aliphatic heterocycles. The molecule has 0 saturated heterocycles. The van der Waals surface area contributed by atoms with E-state index in [-0.39, 0.29) is 0 Å². The molecule has 0 aliphatic carbocycles. The number of fused-ring (bicyclic) bond motifs is 1. The zero-order chi connectivity index (χ0) is 15.0. The first-order valence-corrected chi connectivity index (χ1v) is 6.31. The standard InChI is InChI=1S/C12H10F3NO3S/c1-19-9(17)6-11(18,12(13,14)15)10-16-7-4-2-3-5-8(7)20-10/h2-5,18H,6H2,1H3. The number of esters is 1. The number of para-hydroxylation sites is 1. The second-order valence-electron chi connectivity index (χ2n) is 4.10. The molecule has 1 heterocycles. The van der Waals surface area contributed by atoms with Gasteiger partial charge in [0.15, 0.2) is 0 Å². The summed E-state index contributed by atoms with van der Waals surface area (Å²) in [5.41, 5.74) is -3.01. The normalized spacial score (nSPS) is 15.1. The Balaban J connectivity index is 2.53. The van der Waals surface area contributed by atoms with Crippen LogP contribution < -0.4 is 0 Å². The fraction of sp³-hybridized carbons (Fsp3) is 0.333. The van der Waals surface area contributed by atoms with Gasteiger partial charge < -0.3 is 9.84 Å². The van der Waals surface area contributed by atoms with E-state index in [1.165, 1.54) is 6.07 Å². The zero-order valence-electron chi connectivity index (χ0n) is 10.3. The molecule has 0 bridgehead atoms. The maximum Gasteiger partial charge on any atom is 0.424 e. The minimum atomic E-state index is -5.03. The first kappa shape index (κ1) is 14.7. The summed E-state index contributed by atoms with van der Waals surface area (Å²) in [7, 11) is 0.956. The molecule has 0 radical (unpaired) electrons. The van der Waals surface area contributed by atoms with Gasteiger partial charge in [0.2, 0.25) is 5.60 Å². The van der Waals surface area contributed by atoms with Crippen molar-refractivity contribution >= 4 is 27.5 Å². The maximum atomic E-state index is 13.1. The van der Waals surface area contributed by atoms with Gasteiger partial charge >= 0.3 is 12.1 Å². The summed E-state index contributed by atoms with van der Waals surface area (Å²) < 4.78 is 44.1. The van der Waals surface area contributed by atoms with Gasteiger partial charge in [-0.3, -0.25) is 4.79 Å². The highest BCUT2D eigenvalue weighted by Crippen LogP contribution is 2.44. The van der Waals surface area contributed by atoms with Crippen molar-refractivity contribution in [3.8, 4) is 0 Å². The lowest BCUT2D eigenvalue weighted by molar-refractivity contribution is -0.269. The van der Waals surface area contributed by atoms with E-state index < -0.39 is 29.2 Å². The Morgan fingerprint density at radius 3 is 2.60 bits per heavy atom. The number of aromatic nitrogens is 1. The number of alkyl halides is 3. The molecule has 1 N–H and O–H groups in total. The topological polar surface area (TPSA) is 59.4 Å². The first-order valence-electron chi connectivity index (χ1n) is 5.50. The number of hydrogen-bond acceptors (Lipinski definition) is 5. The number of carbonyl (C=O) groups excluding carboxylic acids is 1. The lowest BCUT2D eigenvalue weighted by Gasteiger charge is -2.27. The van der Waals surface area contributed by atoms with E-state index in [0.717, 1.165) is 7.11 Å². The van der Waals surface area contributed by atoms with Crippen molar-refractivity contribution in [2.75, 3.05) is 7.11 Å². The molecule has 1 aromatic heterocycles. The molecule has 8 heteroatoms. The zero-order valence-corrected chi connectivity index (χ0v) is 11.1. The summed E-state index contributed by atoms with van der Waals surface area (Å²) in [6, 6.07) is 6.39. The predicted molar refractivity (Wildman–Crippen MR) is 66.2 cm³/mol. The first-order chi connectivity index (χ1) is 9.28. The van der Waals surface area contributed by atoms with E-state index in [9.17, 15) is 23.1 Å². The van der Waals surface area contributed by atoms with Gasteiger partial charge in [0.25, 0.3) is 0 Å². The number of rotatable bonds is 3. The van der Waals surface area contributed by atoms with Crippen LogP contribution >= 0.6 is 11.3 Å². The van der Waals surface area contributed by atoms with Crippen LogP contribution in [0.2, 0.25) is 0 Å². The van der Waals surface area contributed by atoms with E-state index in [4.69, 9.17) is 0 Å². The Bertz CT molecular complexity index is 607. The van der Waals surface area contributed by atoms with Crippen LogP contribution in [0.1, 0.15) is 11.4 Å². The van der Waals surface area contributed by atoms with Gasteiger partial charge in [-0.15, -0.1) is 11.3 Å². The van der Waals surface area contributed by atoms with Gasteiger partial charge in [-0.25, -0.2) is 4.98 Å². The number of ether oxygens (including phenoxy) is 1. The van der Waals surface area contributed by atoms with Crippen LogP contribution in [-0.2, 0) is 15.1 Å². The summed E-state index contributed by atoms with van der Waals surface area (Å²) in [5, 5.41) is 9.37. The third-order valence-corrected chi connectivity index (χ3v) is 3.93. The van der Waals surface area contributed by atoms with Gasteiger partial charge in [-0.1, -0.05) is 12.1 Å². The van der Waals surface area contributed by atoms with Gasteiger partial charge in [0.05, 0.1) is 23.7 Å². The fourth-order valence-electron chi connectivity index (χ4n) is 1.63. The second kappa shape index (κ2) is 5.02. The predicted octanol–water partition coefficient (Wildman–Crippen LogP) is 2.61. The number of aliphatic hydroxyl groups is 1. The SMILES string of the molecule is COC(=O)CC(O)(c1nc2ccccc2s1)C(F)(F)F. The Kier molecular flexibility index (Phi) is 3.70. The van der Waals surface area contributed by atoms with Gasteiger partial charge in [-0.05, 0) is 12.1 Å². The Labute approximate surface area is 115 Å². The molecule has 0 amide bonds. The van der Waals surface area contributed by atoms with E-state index in [0.29, 0.717) is 21.6 Å². The molecular formula is C12H10F3NO3S. The molecule has 4 nitrogen and oxygen atoms in total. The van der Waals surface area contributed by atoms with Crippen LogP contribution in [0.25, 0.3) is 10.2 Å². The van der Waals surface area contributed by atoms with Crippen molar-refractivity contribution in [2.45, 2.75) is 18.2 Å². The molecule has 108 valence electrons. The van der Waals surface area contributed by atoms with E-state index in [1.807, 2.05) is 0 Å². The van der Waals surface area contributed by atoms with Crippen LogP contribution in [0.5, 0.6) is 0 Å². The van der Waals surface area contributed by atoms with Crippen LogP contribution in [0.4, 0.5) is 13.2 Å². The smallest absolute Gasteiger partial charge is 0.424 e. The highest BCUT2D eigenvalue weighted by molar-refractivity contribution is 7.18. The van der Waals surface area contributed by atoms with Crippen molar-refractivity contribution in [1.29, 1.82) is 0 Å². The lowest BCUT2D eigenvalue weighted by Crippen LogP contribution is -2.44. The minimum absolute atomic E-state index is 0.333. The van der Waals surface area contributed by atoms with Crippen molar-refractivity contribution in [2.24, 2.45) is 0 Å². The number of halogens is 3. The molecular weight excluding hydrogens is 295 g/mol. The average Bonchev–Trinajstić information content (AvgIpc) is 2.81. The van der Waals surface area contributed by atoms with E-state index >= 15 is 0 Å². The molecule has 0 saturated carbocycles. The Hall–Kier alpha value is -1.67. The molecule has 1 unspecified atom stereocenters. The molecule has 1 atom stereocenters. The van der Waals surface area contributed by atoms with Crippen molar-refractivity contribution in [3.05, 3.63) is 29.3 Å². The lowest BCUT2D eigenvalue weighted by atomic mass is 10.00. The number of thiazole rings is 1. The van der Waals surface area contributed by atoms with Crippen LogP contribution in [-0.4, -0.2) is 29.3 Å². The Morgan fingerprint density at radius 2 is 2.05 bits per heavy atom. The number of benzene rings is 1. The third kappa shape index (κ3) is 2.48. The van der Waals surface area contributed by atoms with Crippen molar-refractivity contribution in [1.82, 2.24) is 4.98 Å². The summed E-state index contributed by atoms with van der Waals surface area (Å²) in [5.74, 6) is -1.16. The number of methoxy groups -OCH3 is 1. The molecule has 2 aromatic rings. The molecule has 20 heavy (non-hydrogen) atoms. The van der Waals surface area contributed by atoms with Crippen LogP contribution in [0.3, 0.4) is 0 Å². The fourth-order valence-corrected chi connectivity index (χ4v) is 2.70. The number of carbonyl (C=O) groups is 1. The minimum Gasteiger partial charge on any atom is -0.469 e. The summed E-state index contributed by atoms with van der Waals surface area (Å²) in [6.45, 7) is 0. The van der Waals surface area contributed by atoms with Crippen LogP contribution in [0.15, 0.2) is 24.3 Å². The van der Waals surface area contributed by atoms with Gasteiger partial charge in [0, 0.05) is 0 Å². The third-order valence-electron chi connectivity index (χ3n) is 2.74. The second-order valence-corrected chi connectivity index (χ2v) is 5.13. The Morgan fingerprint density at radius 1 is 1.40 bits per heavy atom. The maximum absolute atomic E-state index is 13.1. The summed E-state index contributed by atoms with van der Waals surface area (Å²) >= 11 is 0.695. The number of nitrogens with zero attached hydrogens (tertiary/aromatic N) is 1. The summed E-state index contributed by atoms with van der Waals surface area (Å²) in [4.78, 5) is 14.9. The highest BCUT2D eigenvalue weighted by atomic mass is 32.1. The average molecular weight is 305 g/mol. The number of hydrogen-bond donors (Lipinski definition) is 1. The van der Waals surface area contributed by atoms with E-state index in [1.54, 1.807) is 18.2 Å². The van der Waals surface area contributed by atoms with E-state index in [2.05, 4.69) is 9.72 Å². The van der Waals surface area contributed by atoms with Crippen molar-refractivity contribution in [3.63, 3.8) is 0 Å². The molecule has 0 aliphatic rings. The molecule has 0 spiro atoms.